The molecule has 0 unspecified atom stereocenters. The van der Waals surface area contributed by atoms with Crippen LogP contribution in [0.5, 0.6) is 0 Å². The van der Waals surface area contributed by atoms with E-state index in [9.17, 15) is 4.79 Å². The normalized spacial score (nSPS) is 11.3. The summed E-state index contributed by atoms with van der Waals surface area (Å²) in [5.41, 5.74) is 12.6. The number of amides is 1. The molecular formula is C16H17N7O. The lowest BCUT2D eigenvalue weighted by Gasteiger charge is -2.03. The second-order valence-corrected chi connectivity index (χ2v) is 4.74. The highest BCUT2D eigenvalue weighted by Crippen LogP contribution is 2.14. The van der Waals surface area contributed by atoms with E-state index in [0.717, 1.165) is 0 Å². The van der Waals surface area contributed by atoms with Crippen molar-refractivity contribution in [2.24, 2.45) is 31.9 Å². The summed E-state index contributed by atoms with van der Waals surface area (Å²) >= 11 is 0. The fourth-order valence-corrected chi connectivity index (χ4v) is 1.75. The molecule has 2 aromatic rings. The third-order valence-corrected chi connectivity index (χ3v) is 2.74. The maximum absolute atomic E-state index is 11.1. The maximum Gasteiger partial charge on any atom is 0.221 e. The van der Waals surface area contributed by atoms with E-state index < -0.39 is 0 Å². The van der Waals surface area contributed by atoms with Gasteiger partial charge in [0.1, 0.15) is 0 Å². The highest BCUT2D eigenvalue weighted by Gasteiger charge is 2.04. The smallest absolute Gasteiger partial charge is 0.221 e. The van der Waals surface area contributed by atoms with Crippen molar-refractivity contribution in [1.82, 2.24) is 0 Å². The third kappa shape index (κ3) is 5.34. The molecule has 0 bridgehead atoms. The molecule has 0 saturated carbocycles. The Morgan fingerprint density at radius 1 is 0.958 bits per heavy atom. The molecule has 0 aromatic heterocycles. The molecule has 8 heteroatoms. The number of benzene rings is 2. The van der Waals surface area contributed by atoms with Crippen LogP contribution in [0.4, 0.5) is 11.4 Å². The molecule has 0 heterocycles. The molecule has 122 valence electrons. The Balaban J connectivity index is 2.29. The second kappa shape index (κ2) is 8.18. The fraction of sp³-hybridized carbons (Fsp3) is 0.0625. The lowest BCUT2D eigenvalue weighted by atomic mass is 10.2. The van der Waals surface area contributed by atoms with Crippen LogP contribution in [-0.4, -0.2) is 17.7 Å². The van der Waals surface area contributed by atoms with Gasteiger partial charge >= 0.3 is 0 Å². The van der Waals surface area contributed by atoms with Crippen molar-refractivity contribution in [3.8, 4) is 0 Å². The molecule has 0 saturated heterocycles. The van der Waals surface area contributed by atoms with Gasteiger partial charge in [0.2, 0.25) is 17.7 Å². The first kappa shape index (κ1) is 16.8. The van der Waals surface area contributed by atoms with Gasteiger partial charge in [-0.05, 0) is 36.4 Å². The molecule has 2 aromatic carbocycles. The van der Waals surface area contributed by atoms with Gasteiger partial charge in [-0.2, -0.15) is 0 Å². The summed E-state index contributed by atoms with van der Waals surface area (Å²) in [4.78, 5) is 11.1. The van der Waals surface area contributed by atoms with Crippen molar-refractivity contribution in [2.75, 3.05) is 5.32 Å². The molecule has 0 atom stereocenters. The van der Waals surface area contributed by atoms with E-state index in [1.165, 1.54) is 6.92 Å². The number of rotatable bonds is 4. The van der Waals surface area contributed by atoms with Crippen molar-refractivity contribution in [3.63, 3.8) is 0 Å². The summed E-state index contributed by atoms with van der Waals surface area (Å²) in [5.74, 6) is -0.0974. The summed E-state index contributed by atoms with van der Waals surface area (Å²) in [7, 11) is 0. The van der Waals surface area contributed by atoms with E-state index >= 15 is 0 Å². The zero-order valence-electron chi connectivity index (χ0n) is 13.0. The van der Waals surface area contributed by atoms with Gasteiger partial charge in [0.15, 0.2) is 0 Å². The molecular weight excluding hydrogens is 306 g/mol. The van der Waals surface area contributed by atoms with Crippen LogP contribution in [0.25, 0.3) is 0 Å². The predicted octanol–water partition coefficient (Wildman–Crippen LogP) is 2.36. The minimum Gasteiger partial charge on any atom is -0.369 e. The SMILES string of the molecule is CC(=O)Nc1ccc(/C(N=Nc2ccccc2)=N\N=C(N)N)cc1. The van der Waals surface area contributed by atoms with Crippen molar-refractivity contribution in [2.45, 2.75) is 6.92 Å². The first-order valence-electron chi connectivity index (χ1n) is 7.06. The number of carbonyl (C=O) groups is 1. The Kier molecular flexibility index (Phi) is 5.73. The molecule has 5 N–H and O–H groups in total. The van der Waals surface area contributed by atoms with Gasteiger partial charge in [-0.15, -0.1) is 20.4 Å². The van der Waals surface area contributed by atoms with Crippen LogP contribution in [0.15, 0.2) is 75.0 Å². The summed E-state index contributed by atoms with van der Waals surface area (Å²) in [6.07, 6.45) is 0. The monoisotopic (exact) mass is 323 g/mol. The largest absolute Gasteiger partial charge is 0.369 e. The Morgan fingerprint density at radius 2 is 1.62 bits per heavy atom. The topological polar surface area (TPSA) is 131 Å². The standard InChI is InChI=1S/C16H17N7O/c1-11(24)19-13-9-7-12(8-10-13)15(22-23-16(17)18)21-20-14-5-3-2-4-6-14/h2-10H,1H3,(H,19,24)(H4,17,18,23)/b21-20?,22-15+. The molecule has 0 spiro atoms. The van der Waals surface area contributed by atoms with Gasteiger partial charge < -0.3 is 16.8 Å². The number of carbonyl (C=O) groups excluding carboxylic acids is 1. The van der Waals surface area contributed by atoms with E-state index in [0.29, 0.717) is 16.9 Å². The number of azo groups is 1. The van der Waals surface area contributed by atoms with E-state index in [2.05, 4.69) is 25.7 Å². The Hall–Kier alpha value is -3.55. The van der Waals surface area contributed by atoms with Crippen LogP contribution in [0.2, 0.25) is 0 Å². The average molecular weight is 323 g/mol. The summed E-state index contributed by atoms with van der Waals surface area (Å²) in [6.45, 7) is 1.44. The average Bonchev–Trinajstić information content (AvgIpc) is 2.56. The number of nitrogens with zero attached hydrogens (tertiary/aromatic N) is 4. The van der Waals surface area contributed by atoms with E-state index in [1.54, 1.807) is 24.3 Å². The maximum atomic E-state index is 11.1. The van der Waals surface area contributed by atoms with Crippen LogP contribution < -0.4 is 16.8 Å². The second-order valence-electron chi connectivity index (χ2n) is 4.74. The first-order valence-corrected chi connectivity index (χ1v) is 7.06. The lowest BCUT2D eigenvalue weighted by molar-refractivity contribution is -0.114. The number of amidine groups is 1. The number of nitrogens with one attached hydrogen (secondary N) is 1. The van der Waals surface area contributed by atoms with Crippen molar-refractivity contribution in [1.29, 1.82) is 0 Å². The number of nitrogens with two attached hydrogens (primary N) is 2. The number of hydrogen-bond acceptors (Lipinski definition) is 4. The molecule has 8 nitrogen and oxygen atoms in total. The molecule has 2 rings (SSSR count). The fourth-order valence-electron chi connectivity index (χ4n) is 1.75. The quantitative estimate of drug-likeness (QED) is 0.345. The van der Waals surface area contributed by atoms with Gasteiger partial charge in [0.05, 0.1) is 5.69 Å². The van der Waals surface area contributed by atoms with Gasteiger partial charge in [-0.25, -0.2) is 0 Å². The van der Waals surface area contributed by atoms with Crippen molar-refractivity contribution in [3.05, 3.63) is 60.2 Å². The van der Waals surface area contributed by atoms with Crippen LogP contribution in [-0.2, 0) is 4.79 Å². The van der Waals surface area contributed by atoms with E-state index in [-0.39, 0.29) is 17.7 Å². The van der Waals surface area contributed by atoms with E-state index in [1.807, 2.05) is 30.3 Å². The number of guanidine groups is 1. The van der Waals surface area contributed by atoms with Crippen LogP contribution in [0.1, 0.15) is 12.5 Å². The van der Waals surface area contributed by atoms with Crippen LogP contribution in [0.3, 0.4) is 0 Å². The minimum atomic E-state index is -0.183. The summed E-state index contributed by atoms with van der Waals surface area (Å²) < 4.78 is 0. The minimum absolute atomic E-state index is 0.152. The van der Waals surface area contributed by atoms with Gasteiger partial charge in [0.25, 0.3) is 0 Å². The molecule has 24 heavy (non-hydrogen) atoms. The Morgan fingerprint density at radius 3 is 2.21 bits per heavy atom. The van der Waals surface area contributed by atoms with Crippen molar-refractivity contribution < 1.29 is 4.79 Å². The number of anilines is 1. The molecule has 0 aliphatic carbocycles. The molecule has 0 fully saturated rings. The van der Waals surface area contributed by atoms with E-state index in [4.69, 9.17) is 11.5 Å². The van der Waals surface area contributed by atoms with Gasteiger partial charge in [0, 0.05) is 18.2 Å². The zero-order chi connectivity index (χ0) is 17.4. The summed E-state index contributed by atoms with van der Waals surface area (Å²) in [6, 6.07) is 16.1. The zero-order valence-corrected chi connectivity index (χ0v) is 13.0. The van der Waals surface area contributed by atoms with Gasteiger partial charge in [-0.3, -0.25) is 4.79 Å². The van der Waals surface area contributed by atoms with Crippen LogP contribution in [0, 0.1) is 0 Å². The lowest BCUT2D eigenvalue weighted by Crippen LogP contribution is -2.22. The highest BCUT2D eigenvalue weighted by atomic mass is 16.1. The molecule has 1 amide bonds. The van der Waals surface area contributed by atoms with Gasteiger partial charge in [-0.1, -0.05) is 18.2 Å². The van der Waals surface area contributed by atoms with Crippen molar-refractivity contribution >= 4 is 29.1 Å². The molecule has 0 aliphatic rings. The first-order chi connectivity index (χ1) is 11.5. The molecule has 0 radical (unpaired) electrons. The third-order valence-electron chi connectivity index (χ3n) is 2.74. The number of hydrogen-bond donors (Lipinski definition) is 3. The Bertz CT molecular complexity index is 776. The van der Waals surface area contributed by atoms with Crippen LogP contribution >= 0.6 is 0 Å². The Labute approximate surface area is 139 Å². The summed E-state index contributed by atoms with van der Waals surface area (Å²) in [5, 5.41) is 18.4. The highest BCUT2D eigenvalue weighted by molar-refractivity contribution is 6.00. The predicted molar refractivity (Wildman–Crippen MR) is 94.1 cm³/mol. The molecule has 0 aliphatic heterocycles.